The van der Waals surface area contributed by atoms with Crippen LogP contribution in [0.25, 0.3) is 0 Å². The van der Waals surface area contributed by atoms with E-state index in [4.69, 9.17) is 4.74 Å². The predicted octanol–water partition coefficient (Wildman–Crippen LogP) is 5.31. The van der Waals surface area contributed by atoms with Crippen molar-refractivity contribution >= 4 is 21.7 Å². The molecule has 0 aromatic rings. The van der Waals surface area contributed by atoms with Gasteiger partial charge >= 0.3 is 0 Å². The van der Waals surface area contributed by atoms with E-state index in [0.717, 1.165) is 50.8 Å². The van der Waals surface area contributed by atoms with Gasteiger partial charge in [0.2, 0.25) is 0 Å². The van der Waals surface area contributed by atoms with Crippen molar-refractivity contribution in [1.82, 2.24) is 4.90 Å². The molecule has 1 N–H and O–H groups in total. The van der Waals surface area contributed by atoms with Crippen LogP contribution in [0.5, 0.6) is 0 Å². The van der Waals surface area contributed by atoms with Crippen molar-refractivity contribution in [1.29, 1.82) is 0 Å². The number of hydrogen-bond donors (Lipinski definition) is 1. The Morgan fingerprint density at radius 2 is 1.88 bits per heavy atom. The number of morpholine rings is 1. The molecular formula is C28H46BrNO3. The van der Waals surface area contributed by atoms with Crippen molar-refractivity contribution in [3.8, 4) is 0 Å². The first-order valence-corrected chi connectivity index (χ1v) is 14.9. The Morgan fingerprint density at radius 1 is 1.12 bits per heavy atom. The van der Waals surface area contributed by atoms with Crippen LogP contribution in [0, 0.1) is 46.3 Å². The number of Topliss-reactive ketones (excluding diaryl/α,β-unsaturated/α-hetero) is 1. The zero-order valence-electron chi connectivity index (χ0n) is 21.3. The largest absolute Gasteiger partial charge is 0.391 e. The molecule has 0 radical (unpaired) electrons. The van der Waals surface area contributed by atoms with Crippen molar-refractivity contribution in [2.45, 2.75) is 97.3 Å². The molecule has 0 bridgehead atoms. The van der Waals surface area contributed by atoms with Gasteiger partial charge in [0.05, 0.1) is 24.1 Å². The van der Waals surface area contributed by atoms with E-state index in [-0.39, 0.29) is 29.6 Å². The topological polar surface area (TPSA) is 49.8 Å². The molecule has 188 valence electrons. The SMILES string of the molecule is CC(C)[C@@H]1CN(C2C[C@@]3(C)C(CC[C@H]4[C@@H]5CC[C@H](C(=O)CBr)[C@@]5(C)CC[C@@H]43)CC2O)CCO1. The van der Waals surface area contributed by atoms with Crippen LogP contribution in [0.1, 0.15) is 79.1 Å². The molecule has 1 aliphatic heterocycles. The van der Waals surface area contributed by atoms with Gasteiger partial charge in [-0.15, -0.1) is 0 Å². The molecule has 4 saturated carbocycles. The normalized spacial score (nSPS) is 50.5. The molecule has 33 heavy (non-hydrogen) atoms. The molecule has 4 nitrogen and oxygen atoms in total. The molecule has 4 aliphatic carbocycles. The number of halogens is 1. The number of aliphatic hydroxyl groups is 1. The summed E-state index contributed by atoms with van der Waals surface area (Å²) >= 11 is 3.46. The van der Waals surface area contributed by atoms with Gasteiger partial charge in [0, 0.05) is 25.0 Å². The smallest absolute Gasteiger partial charge is 0.147 e. The molecule has 5 aliphatic rings. The Morgan fingerprint density at radius 3 is 2.61 bits per heavy atom. The highest BCUT2D eigenvalue weighted by Crippen LogP contribution is 2.67. The van der Waals surface area contributed by atoms with Gasteiger partial charge in [0.1, 0.15) is 5.78 Å². The van der Waals surface area contributed by atoms with E-state index in [1.54, 1.807) is 0 Å². The quantitative estimate of drug-likeness (QED) is 0.507. The molecule has 0 spiro atoms. The summed E-state index contributed by atoms with van der Waals surface area (Å²) in [5, 5.41) is 11.8. The van der Waals surface area contributed by atoms with E-state index in [1.807, 2.05) is 0 Å². The van der Waals surface area contributed by atoms with Crippen molar-refractivity contribution in [2.24, 2.45) is 46.3 Å². The maximum Gasteiger partial charge on any atom is 0.147 e. The summed E-state index contributed by atoms with van der Waals surface area (Å²) < 4.78 is 6.06. The van der Waals surface area contributed by atoms with Crippen LogP contribution in [-0.4, -0.2) is 59.1 Å². The second kappa shape index (κ2) is 9.16. The van der Waals surface area contributed by atoms with E-state index in [1.165, 1.54) is 32.1 Å². The van der Waals surface area contributed by atoms with Crippen LogP contribution < -0.4 is 0 Å². The molecule has 5 fully saturated rings. The van der Waals surface area contributed by atoms with Crippen molar-refractivity contribution in [3.63, 3.8) is 0 Å². The summed E-state index contributed by atoms with van der Waals surface area (Å²) in [5.74, 6) is 4.09. The molecule has 0 aromatic carbocycles. The fraction of sp³-hybridized carbons (Fsp3) is 0.964. The minimum atomic E-state index is -0.202. The first-order chi connectivity index (χ1) is 15.7. The van der Waals surface area contributed by atoms with E-state index >= 15 is 0 Å². The Hall–Kier alpha value is 0.0300. The summed E-state index contributed by atoms with van der Waals surface area (Å²) in [6.07, 6.45) is 9.60. The number of rotatable bonds is 4. The fourth-order valence-electron chi connectivity index (χ4n) is 9.67. The molecule has 1 saturated heterocycles. The molecule has 0 aromatic heterocycles. The van der Waals surface area contributed by atoms with Crippen molar-refractivity contribution in [3.05, 3.63) is 0 Å². The zero-order valence-corrected chi connectivity index (χ0v) is 22.9. The Bertz CT molecular complexity index is 745. The highest BCUT2D eigenvalue weighted by atomic mass is 79.9. The summed E-state index contributed by atoms with van der Waals surface area (Å²) in [7, 11) is 0. The second-order valence-corrected chi connectivity index (χ2v) is 13.7. The standard InChI is InChI=1S/C28H46BrNO3/c1-17(2)26-16-30(11-12-33-26)23-14-28(4)18(13-24(23)31)5-6-19-20-7-8-22(25(32)15-29)27(20,3)10-9-21(19)28/h17-24,26,31H,5-16H2,1-4H3/t18?,19-,20-,21-,22+,23?,24?,26-,27-,28-/m0/s1. The third-order valence-corrected chi connectivity index (χ3v) is 12.1. The minimum Gasteiger partial charge on any atom is -0.391 e. The number of carbonyl (C=O) groups is 1. The van der Waals surface area contributed by atoms with Crippen LogP contribution in [0.2, 0.25) is 0 Å². The maximum atomic E-state index is 12.8. The number of aliphatic hydroxyl groups excluding tert-OH is 1. The van der Waals surface area contributed by atoms with Gasteiger partial charge in [-0.05, 0) is 91.8 Å². The lowest BCUT2D eigenvalue weighted by Crippen LogP contribution is -2.61. The molecule has 5 rings (SSSR count). The summed E-state index contributed by atoms with van der Waals surface area (Å²) in [5.41, 5.74) is 0.523. The number of hydrogen-bond acceptors (Lipinski definition) is 4. The Balaban J connectivity index is 1.36. The molecule has 1 heterocycles. The lowest BCUT2D eigenvalue weighted by molar-refractivity contribution is -0.162. The second-order valence-electron chi connectivity index (χ2n) is 13.2. The highest BCUT2D eigenvalue weighted by Gasteiger charge is 2.62. The van der Waals surface area contributed by atoms with Gasteiger partial charge in [-0.25, -0.2) is 0 Å². The van der Waals surface area contributed by atoms with Gasteiger partial charge in [0.25, 0.3) is 0 Å². The number of alkyl halides is 1. The number of carbonyl (C=O) groups excluding carboxylic acids is 1. The predicted molar refractivity (Wildman–Crippen MR) is 135 cm³/mol. The minimum absolute atomic E-state index is 0.202. The van der Waals surface area contributed by atoms with Gasteiger partial charge < -0.3 is 9.84 Å². The zero-order chi connectivity index (χ0) is 23.5. The molecule has 3 unspecified atom stereocenters. The van der Waals surface area contributed by atoms with Crippen LogP contribution in [0.4, 0.5) is 0 Å². The Labute approximate surface area is 209 Å². The van der Waals surface area contributed by atoms with Gasteiger partial charge in [-0.2, -0.15) is 0 Å². The van der Waals surface area contributed by atoms with Crippen LogP contribution in [-0.2, 0) is 9.53 Å². The van der Waals surface area contributed by atoms with Crippen LogP contribution in [0.15, 0.2) is 0 Å². The van der Waals surface area contributed by atoms with Crippen molar-refractivity contribution in [2.75, 3.05) is 25.0 Å². The van der Waals surface area contributed by atoms with Crippen LogP contribution in [0.3, 0.4) is 0 Å². The first kappa shape index (κ1) is 24.7. The summed E-state index contributed by atoms with van der Waals surface area (Å²) in [6.45, 7) is 12.3. The highest BCUT2D eigenvalue weighted by molar-refractivity contribution is 9.09. The third kappa shape index (κ3) is 4.00. The first-order valence-electron chi connectivity index (χ1n) is 13.8. The van der Waals surface area contributed by atoms with Crippen LogP contribution >= 0.6 is 15.9 Å². The fourth-order valence-corrected chi connectivity index (χ4v) is 10.1. The molecular weight excluding hydrogens is 478 g/mol. The molecule has 0 amide bonds. The number of nitrogens with zero attached hydrogens (tertiary/aromatic N) is 1. The summed E-state index contributed by atoms with van der Waals surface area (Å²) in [4.78, 5) is 15.3. The molecule has 10 atom stereocenters. The average Bonchev–Trinajstić information content (AvgIpc) is 3.16. The van der Waals surface area contributed by atoms with Gasteiger partial charge in [0.15, 0.2) is 0 Å². The van der Waals surface area contributed by atoms with E-state index in [2.05, 4.69) is 48.5 Å². The van der Waals surface area contributed by atoms with E-state index in [9.17, 15) is 9.90 Å². The molecule has 5 heteroatoms. The monoisotopic (exact) mass is 523 g/mol. The van der Waals surface area contributed by atoms with E-state index in [0.29, 0.717) is 34.3 Å². The number of fused-ring (bicyclic) bond motifs is 5. The number of ether oxygens (including phenoxy) is 1. The lowest BCUT2D eigenvalue weighted by Gasteiger charge is -2.62. The third-order valence-electron chi connectivity index (χ3n) is 11.5. The van der Waals surface area contributed by atoms with E-state index < -0.39 is 0 Å². The maximum absolute atomic E-state index is 12.8. The number of ketones is 1. The van der Waals surface area contributed by atoms with Gasteiger partial charge in [-0.1, -0.05) is 43.6 Å². The van der Waals surface area contributed by atoms with Gasteiger partial charge in [-0.3, -0.25) is 9.69 Å². The lowest BCUT2D eigenvalue weighted by atomic mass is 9.44. The Kier molecular flexibility index (Phi) is 6.86. The summed E-state index contributed by atoms with van der Waals surface area (Å²) in [6, 6.07) is 0.273. The van der Waals surface area contributed by atoms with Crippen molar-refractivity contribution < 1.29 is 14.6 Å². The average molecular weight is 525 g/mol.